The van der Waals surface area contributed by atoms with Crippen LogP contribution in [0.3, 0.4) is 0 Å². The number of nitrogens with zero attached hydrogens (tertiary/aromatic N) is 2. The van der Waals surface area contributed by atoms with Crippen molar-refractivity contribution in [2.45, 2.75) is 0 Å². The molecule has 2 rings (SSSR count). The highest BCUT2D eigenvalue weighted by atomic mass is 16.5. The highest BCUT2D eigenvalue weighted by Crippen LogP contribution is 2.38. The third kappa shape index (κ3) is 3.09. The number of benzene rings is 2. The quantitative estimate of drug-likeness (QED) is 0.872. The van der Waals surface area contributed by atoms with Gasteiger partial charge in [0.15, 0.2) is 4.98 Å². The van der Waals surface area contributed by atoms with Gasteiger partial charge in [-0.2, -0.15) is 0 Å². The maximum Gasteiger partial charge on any atom is 0.428 e. The van der Waals surface area contributed by atoms with Gasteiger partial charge in [0.2, 0.25) is 11.1 Å². The predicted octanol–water partition coefficient (Wildman–Crippen LogP) is 3.44. The van der Waals surface area contributed by atoms with Crippen LogP contribution in [0.25, 0.3) is 4.98 Å². The second-order valence-electron chi connectivity index (χ2n) is 4.14. The van der Waals surface area contributed by atoms with Crippen molar-refractivity contribution < 1.29 is 14.3 Å². The number of amides is 1. The summed E-state index contributed by atoms with van der Waals surface area (Å²) in [5.74, 6) is 0.457. The summed E-state index contributed by atoms with van der Waals surface area (Å²) in [4.78, 5) is 15.3. The lowest BCUT2D eigenvalue weighted by molar-refractivity contribution is 0.102. The number of carbonyl (C=O) groups is 1. The molecule has 6 heteroatoms. The Morgan fingerprint density at radius 3 is 2.33 bits per heavy atom. The Kier molecular flexibility index (Phi) is 4.36. The van der Waals surface area contributed by atoms with E-state index in [1.807, 2.05) is 6.07 Å². The van der Waals surface area contributed by atoms with Crippen LogP contribution in [0.5, 0.6) is 11.5 Å². The minimum atomic E-state index is -0.289. The van der Waals surface area contributed by atoms with Gasteiger partial charge in [-0.15, -0.1) is 0 Å². The van der Waals surface area contributed by atoms with E-state index in [-0.39, 0.29) is 11.6 Å². The molecule has 106 valence electrons. The Bertz CT molecular complexity index is 693. The third-order valence-electron chi connectivity index (χ3n) is 2.89. The molecule has 0 aromatic heterocycles. The zero-order valence-corrected chi connectivity index (χ0v) is 11.7. The minimum Gasteiger partial charge on any atom is -0.494 e. The van der Waals surface area contributed by atoms with Gasteiger partial charge in [0.05, 0.1) is 26.0 Å². The summed E-state index contributed by atoms with van der Waals surface area (Å²) in [6.45, 7) is 0. The van der Waals surface area contributed by atoms with Crippen LogP contribution in [0, 0.1) is 5.39 Å². The lowest BCUT2D eigenvalue weighted by Crippen LogP contribution is -2.12. The molecule has 0 atom stereocenters. The van der Waals surface area contributed by atoms with Crippen molar-refractivity contribution in [2.24, 2.45) is 0 Å². The van der Waals surface area contributed by atoms with E-state index in [1.54, 1.807) is 24.3 Å². The number of nitrogens with one attached hydrogen (secondary N) is 1. The monoisotopic (exact) mass is 284 g/mol. The Morgan fingerprint density at radius 1 is 1.10 bits per heavy atom. The van der Waals surface area contributed by atoms with Crippen LogP contribution in [-0.2, 0) is 0 Å². The van der Waals surface area contributed by atoms with Gasteiger partial charge in [-0.25, -0.2) is 0 Å². The Morgan fingerprint density at radius 2 is 1.76 bits per heavy atom. The van der Waals surface area contributed by atoms with Gasteiger partial charge < -0.3 is 14.8 Å². The molecule has 0 heterocycles. The molecular formula is C15H14N3O3+. The molecule has 6 nitrogen and oxygen atoms in total. The van der Waals surface area contributed by atoms with E-state index in [4.69, 9.17) is 14.9 Å². The summed E-state index contributed by atoms with van der Waals surface area (Å²) in [5.41, 5.74) is 1.10. The number of carbonyl (C=O) groups excluding carboxylic acids is 1. The Labute approximate surface area is 121 Å². The number of diazo groups is 1. The number of hydrogen-bond donors (Lipinski definition) is 1. The molecule has 0 unspecified atom stereocenters. The summed E-state index contributed by atoms with van der Waals surface area (Å²) in [6, 6.07) is 11.8. The lowest BCUT2D eigenvalue weighted by atomic mass is 10.2. The summed E-state index contributed by atoms with van der Waals surface area (Å²) < 4.78 is 10.3. The minimum absolute atomic E-state index is 0.196. The SMILES string of the molecule is COc1cc(OC)c(NC(=O)c2ccccc2)cc1[N+]#N. The molecule has 0 spiro atoms. The van der Waals surface area contributed by atoms with Crippen LogP contribution in [0.4, 0.5) is 11.4 Å². The van der Waals surface area contributed by atoms with Crippen LogP contribution in [0.15, 0.2) is 42.5 Å². The van der Waals surface area contributed by atoms with Crippen molar-refractivity contribution in [1.82, 2.24) is 0 Å². The van der Waals surface area contributed by atoms with E-state index in [2.05, 4.69) is 10.3 Å². The number of hydrogen-bond acceptors (Lipinski definition) is 4. The predicted molar refractivity (Wildman–Crippen MR) is 78.7 cm³/mol. The summed E-state index contributed by atoms with van der Waals surface area (Å²) in [6.07, 6.45) is 0. The summed E-state index contributed by atoms with van der Waals surface area (Å²) in [5, 5.41) is 11.7. The fraction of sp³-hybridized carbons (Fsp3) is 0.133. The molecule has 1 N–H and O–H groups in total. The summed E-state index contributed by atoms with van der Waals surface area (Å²) >= 11 is 0. The average Bonchev–Trinajstić information content (AvgIpc) is 2.55. The standard InChI is InChI=1S/C15H13N3O3/c1-20-13-9-14(21-2)12(18-16)8-11(13)17-15(19)10-6-4-3-5-7-10/h3-9H,1-2H3/p+1. The van der Waals surface area contributed by atoms with Gasteiger partial charge in [-0.05, 0) is 12.1 Å². The number of anilines is 1. The van der Waals surface area contributed by atoms with E-state index >= 15 is 0 Å². The molecule has 0 saturated heterocycles. The van der Waals surface area contributed by atoms with E-state index < -0.39 is 0 Å². The van der Waals surface area contributed by atoms with Crippen LogP contribution in [0.2, 0.25) is 0 Å². The van der Waals surface area contributed by atoms with Crippen LogP contribution < -0.4 is 14.8 Å². The highest BCUT2D eigenvalue weighted by molar-refractivity contribution is 6.05. The molecule has 2 aromatic rings. The largest absolute Gasteiger partial charge is 0.494 e. The molecule has 2 aromatic carbocycles. The highest BCUT2D eigenvalue weighted by Gasteiger charge is 2.21. The van der Waals surface area contributed by atoms with Crippen LogP contribution in [0.1, 0.15) is 10.4 Å². The van der Waals surface area contributed by atoms with Gasteiger partial charge in [-0.3, -0.25) is 4.79 Å². The maximum absolute atomic E-state index is 12.1. The molecule has 0 saturated carbocycles. The fourth-order valence-electron chi connectivity index (χ4n) is 1.84. The first kappa shape index (κ1) is 14.3. The topological polar surface area (TPSA) is 75.7 Å². The molecule has 0 aliphatic rings. The second-order valence-corrected chi connectivity index (χ2v) is 4.14. The van der Waals surface area contributed by atoms with Crippen molar-refractivity contribution in [3.05, 3.63) is 53.0 Å². The van der Waals surface area contributed by atoms with Gasteiger partial charge >= 0.3 is 5.69 Å². The molecule has 21 heavy (non-hydrogen) atoms. The zero-order valence-electron chi connectivity index (χ0n) is 11.7. The maximum atomic E-state index is 12.1. The summed E-state index contributed by atoms with van der Waals surface area (Å²) in [7, 11) is 2.92. The van der Waals surface area contributed by atoms with E-state index in [0.29, 0.717) is 22.7 Å². The van der Waals surface area contributed by atoms with Crippen molar-refractivity contribution in [3.63, 3.8) is 0 Å². The van der Waals surface area contributed by atoms with Crippen molar-refractivity contribution in [3.8, 4) is 11.5 Å². The fourth-order valence-corrected chi connectivity index (χ4v) is 1.84. The number of methoxy groups -OCH3 is 2. The Balaban J connectivity index is 2.35. The van der Waals surface area contributed by atoms with Crippen molar-refractivity contribution >= 4 is 17.3 Å². The molecule has 0 bridgehead atoms. The molecule has 0 fully saturated rings. The van der Waals surface area contributed by atoms with E-state index in [9.17, 15) is 4.79 Å². The molecule has 0 aliphatic heterocycles. The second kappa shape index (κ2) is 6.39. The van der Waals surface area contributed by atoms with Crippen molar-refractivity contribution in [2.75, 3.05) is 19.5 Å². The Hall–Kier alpha value is -3.07. The molecular weight excluding hydrogens is 270 g/mol. The van der Waals surface area contributed by atoms with Crippen molar-refractivity contribution in [1.29, 1.82) is 5.39 Å². The smallest absolute Gasteiger partial charge is 0.428 e. The van der Waals surface area contributed by atoms with E-state index in [1.165, 1.54) is 26.4 Å². The lowest BCUT2D eigenvalue weighted by Gasteiger charge is -2.10. The molecule has 1 amide bonds. The van der Waals surface area contributed by atoms with Gasteiger partial charge in [0, 0.05) is 11.6 Å². The van der Waals surface area contributed by atoms with Gasteiger partial charge in [-0.1, -0.05) is 18.2 Å². The first-order valence-electron chi connectivity index (χ1n) is 6.17. The first-order chi connectivity index (χ1) is 10.2. The van der Waals surface area contributed by atoms with E-state index in [0.717, 1.165) is 0 Å². The van der Waals surface area contributed by atoms with Crippen LogP contribution in [-0.4, -0.2) is 20.1 Å². The zero-order chi connectivity index (χ0) is 15.2. The van der Waals surface area contributed by atoms with Gasteiger partial charge in [0.25, 0.3) is 5.91 Å². The van der Waals surface area contributed by atoms with Gasteiger partial charge in [0.1, 0.15) is 5.75 Å². The average molecular weight is 284 g/mol. The first-order valence-corrected chi connectivity index (χ1v) is 6.17. The molecule has 0 radical (unpaired) electrons. The number of ether oxygens (including phenoxy) is 2. The normalized spacial score (nSPS) is 9.57. The van der Waals surface area contributed by atoms with Crippen LogP contribution >= 0.6 is 0 Å². The number of rotatable bonds is 4. The molecule has 0 aliphatic carbocycles. The third-order valence-corrected chi connectivity index (χ3v) is 2.89.